The van der Waals surface area contributed by atoms with Crippen molar-refractivity contribution in [2.24, 2.45) is 23.7 Å². The maximum atomic E-state index is 13.1. The lowest BCUT2D eigenvalue weighted by Gasteiger charge is -2.38. The zero-order valence-corrected chi connectivity index (χ0v) is 21.0. The Morgan fingerprint density at radius 3 is 2.21 bits per heavy atom. The van der Waals surface area contributed by atoms with E-state index in [0.717, 1.165) is 12.0 Å². The number of hydrogen-bond acceptors (Lipinski definition) is 6. The highest BCUT2D eigenvalue weighted by atomic mass is 16.6. The Hall–Kier alpha value is -2.90. The van der Waals surface area contributed by atoms with Crippen molar-refractivity contribution in [3.63, 3.8) is 0 Å². The Kier molecular flexibility index (Phi) is 10.1. The third-order valence-electron chi connectivity index (χ3n) is 6.14. The van der Waals surface area contributed by atoms with Gasteiger partial charge in [-0.15, -0.1) is 0 Å². The second-order valence-corrected chi connectivity index (χ2v) is 9.78. The van der Waals surface area contributed by atoms with Gasteiger partial charge in [0.1, 0.15) is 24.6 Å². The van der Waals surface area contributed by atoms with E-state index < -0.39 is 47.9 Å². The molecule has 1 aromatic rings. The number of carbonyl (C=O) groups excluding carboxylic acids is 4. The third kappa shape index (κ3) is 7.30. The van der Waals surface area contributed by atoms with E-state index in [-0.39, 0.29) is 24.4 Å². The van der Waals surface area contributed by atoms with Gasteiger partial charge in [-0.05, 0) is 29.7 Å². The highest BCUT2D eigenvalue weighted by Gasteiger charge is 2.50. The number of esters is 2. The second kappa shape index (κ2) is 12.5. The summed E-state index contributed by atoms with van der Waals surface area (Å²) in [6.07, 6.45) is 0.229. The van der Waals surface area contributed by atoms with E-state index in [4.69, 9.17) is 9.47 Å². The van der Waals surface area contributed by atoms with Gasteiger partial charge in [-0.3, -0.25) is 14.4 Å². The van der Waals surface area contributed by atoms with Crippen LogP contribution >= 0.6 is 0 Å². The lowest BCUT2D eigenvalue weighted by molar-refractivity contribution is -0.193. The molecule has 0 saturated carbocycles. The number of benzene rings is 1. The fraction of sp³-hybridized carbons (Fsp3) is 0.615. The van der Waals surface area contributed by atoms with Crippen LogP contribution in [0.1, 0.15) is 59.9 Å². The van der Waals surface area contributed by atoms with Crippen molar-refractivity contribution < 1.29 is 28.7 Å². The summed E-state index contributed by atoms with van der Waals surface area (Å²) in [6.45, 7) is 11.5. The molecule has 2 amide bonds. The molecule has 0 aliphatic carbocycles. The number of amides is 2. The van der Waals surface area contributed by atoms with Crippen LogP contribution in [0, 0.1) is 23.7 Å². The van der Waals surface area contributed by atoms with Gasteiger partial charge in [-0.2, -0.15) is 0 Å². The summed E-state index contributed by atoms with van der Waals surface area (Å²) in [5.74, 6) is -2.51. The standard InChI is InChI=1S/C26H38N2O6/c1-7-17(6)20-22(34-26(20)32)24(30)28-21(16(4)5)23(29)27-19(13-15(2)3)25(31)33-14-18-11-9-8-10-12-18/h8-12,15-17,19-22H,7,13-14H2,1-6H3,(H,27,29)(H,28,30)/t17-,19-,20-,21-,22+/m0/s1. The maximum absolute atomic E-state index is 13.1. The van der Waals surface area contributed by atoms with Crippen LogP contribution in [0.25, 0.3) is 0 Å². The van der Waals surface area contributed by atoms with Gasteiger partial charge in [-0.1, -0.05) is 78.3 Å². The van der Waals surface area contributed by atoms with Gasteiger partial charge in [0, 0.05) is 0 Å². The first-order valence-corrected chi connectivity index (χ1v) is 12.1. The Bertz CT molecular complexity index is 854. The lowest BCUT2D eigenvalue weighted by Crippen LogP contribution is -2.61. The molecule has 34 heavy (non-hydrogen) atoms. The van der Waals surface area contributed by atoms with E-state index in [2.05, 4.69) is 10.6 Å². The first-order chi connectivity index (χ1) is 16.0. The number of carbonyl (C=O) groups is 4. The van der Waals surface area contributed by atoms with Crippen LogP contribution < -0.4 is 10.6 Å². The molecule has 1 aliphatic rings. The van der Waals surface area contributed by atoms with Crippen LogP contribution in [0.15, 0.2) is 30.3 Å². The fourth-order valence-corrected chi connectivity index (χ4v) is 3.88. The summed E-state index contributed by atoms with van der Waals surface area (Å²) in [6, 6.07) is 7.57. The minimum atomic E-state index is -0.904. The molecule has 0 spiro atoms. The highest BCUT2D eigenvalue weighted by molar-refractivity contribution is 5.97. The van der Waals surface area contributed by atoms with Crippen molar-refractivity contribution in [1.82, 2.24) is 10.6 Å². The van der Waals surface area contributed by atoms with Crippen molar-refractivity contribution in [2.75, 3.05) is 0 Å². The smallest absolute Gasteiger partial charge is 0.328 e. The predicted molar refractivity (Wildman–Crippen MR) is 127 cm³/mol. The Balaban J connectivity index is 2.04. The van der Waals surface area contributed by atoms with Crippen LogP contribution in [0.3, 0.4) is 0 Å². The quantitative estimate of drug-likeness (QED) is 0.451. The molecular formula is C26H38N2O6. The van der Waals surface area contributed by atoms with Crippen LogP contribution in [-0.2, 0) is 35.3 Å². The van der Waals surface area contributed by atoms with Crippen LogP contribution in [0.2, 0.25) is 0 Å². The Morgan fingerprint density at radius 2 is 1.68 bits per heavy atom. The van der Waals surface area contributed by atoms with E-state index in [1.54, 1.807) is 13.8 Å². The summed E-state index contributed by atoms with van der Waals surface area (Å²) in [5.41, 5.74) is 0.851. The van der Waals surface area contributed by atoms with Gasteiger partial charge in [0.05, 0.1) is 0 Å². The maximum Gasteiger partial charge on any atom is 0.328 e. The fourth-order valence-electron chi connectivity index (χ4n) is 3.88. The van der Waals surface area contributed by atoms with Gasteiger partial charge >= 0.3 is 11.9 Å². The summed E-state index contributed by atoms with van der Waals surface area (Å²) in [5, 5.41) is 5.49. The molecule has 1 saturated heterocycles. The minimum Gasteiger partial charge on any atom is -0.459 e. The molecule has 8 heteroatoms. The first kappa shape index (κ1) is 27.3. The minimum absolute atomic E-state index is 0.00173. The van der Waals surface area contributed by atoms with Crippen LogP contribution in [-0.4, -0.2) is 41.9 Å². The molecule has 0 bridgehead atoms. The summed E-state index contributed by atoms with van der Waals surface area (Å²) in [7, 11) is 0. The van der Waals surface area contributed by atoms with E-state index in [9.17, 15) is 19.2 Å². The van der Waals surface area contributed by atoms with Gasteiger partial charge in [0.2, 0.25) is 5.91 Å². The molecule has 2 N–H and O–H groups in total. The van der Waals surface area contributed by atoms with Gasteiger partial charge in [0.15, 0.2) is 6.10 Å². The van der Waals surface area contributed by atoms with Crippen molar-refractivity contribution in [1.29, 1.82) is 0 Å². The number of rotatable bonds is 12. The number of ether oxygens (including phenoxy) is 2. The van der Waals surface area contributed by atoms with Gasteiger partial charge < -0.3 is 20.1 Å². The Labute approximate surface area is 202 Å². The molecule has 1 aromatic carbocycles. The van der Waals surface area contributed by atoms with Crippen molar-refractivity contribution in [3.05, 3.63) is 35.9 Å². The largest absolute Gasteiger partial charge is 0.459 e. The third-order valence-corrected chi connectivity index (χ3v) is 6.14. The topological polar surface area (TPSA) is 111 Å². The first-order valence-electron chi connectivity index (χ1n) is 12.1. The summed E-state index contributed by atoms with van der Waals surface area (Å²) >= 11 is 0. The predicted octanol–water partition coefficient (Wildman–Crippen LogP) is 2.99. The molecular weight excluding hydrogens is 436 g/mol. The molecule has 0 unspecified atom stereocenters. The lowest BCUT2D eigenvalue weighted by atomic mass is 9.82. The van der Waals surface area contributed by atoms with Crippen LogP contribution in [0.4, 0.5) is 0 Å². The van der Waals surface area contributed by atoms with Crippen LogP contribution in [0.5, 0.6) is 0 Å². The molecule has 0 radical (unpaired) electrons. The van der Waals surface area contributed by atoms with Gasteiger partial charge in [-0.25, -0.2) is 4.79 Å². The number of hydrogen-bond donors (Lipinski definition) is 2. The molecule has 1 fully saturated rings. The normalized spacial score (nSPS) is 20.1. The second-order valence-electron chi connectivity index (χ2n) is 9.78. The monoisotopic (exact) mass is 474 g/mol. The number of nitrogens with one attached hydrogen (secondary N) is 2. The molecule has 1 heterocycles. The zero-order valence-electron chi connectivity index (χ0n) is 21.0. The van der Waals surface area contributed by atoms with Crippen molar-refractivity contribution in [3.8, 4) is 0 Å². The number of cyclic esters (lactones) is 1. The molecule has 188 valence electrons. The van der Waals surface area contributed by atoms with Crippen molar-refractivity contribution >= 4 is 23.8 Å². The molecule has 5 atom stereocenters. The average molecular weight is 475 g/mol. The van der Waals surface area contributed by atoms with E-state index >= 15 is 0 Å². The molecule has 0 aromatic heterocycles. The van der Waals surface area contributed by atoms with Gasteiger partial charge in [0.25, 0.3) is 5.91 Å². The average Bonchev–Trinajstić information content (AvgIpc) is 2.78. The summed E-state index contributed by atoms with van der Waals surface area (Å²) < 4.78 is 10.5. The Morgan fingerprint density at radius 1 is 1.03 bits per heavy atom. The zero-order chi connectivity index (χ0) is 25.4. The highest BCUT2D eigenvalue weighted by Crippen LogP contribution is 2.31. The molecule has 8 nitrogen and oxygen atoms in total. The van der Waals surface area contributed by atoms with E-state index in [1.165, 1.54) is 0 Å². The van der Waals surface area contributed by atoms with E-state index in [0.29, 0.717) is 6.42 Å². The summed E-state index contributed by atoms with van der Waals surface area (Å²) in [4.78, 5) is 50.6. The van der Waals surface area contributed by atoms with E-state index in [1.807, 2.05) is 58.0 Å². The SMILES string of the molecule is CC[C@H](C)[C@@H]1C(=O)O[C@H]1C(=O)N[C@H](C(=O)N[C@@H](CC(C)C)C(=O)OCc1ccccc1)C(C)C. The molecule has 2 rings (SSSR count). The van der Waals surface area contributed by atoms with Crippen molar-refractivity contribution in [2.45, 2.75) is 79.2 Å². The molecule has 1 aliphatic heterocycles.